The molecule has 2 rings (SSSR count). The van der Waals surface area contributed by atoms with Crippen molar-refractivity contribution in [3.8, 4) is 0 Å². The maximum absolute atomic E-state index is 12.5. The summed E-state index contributed by atoms with van der Waals surface area (Å²) >= 11 is 3.47. The van der Waals surface area contributed by atoms with Gasteiger partial charge in [0.1, 0.15) is 0 Å². The maximum atomic E-state index is 12.5. The Morgan fingerprint density at radius 3 is 2.95 bits per heavy atom. The molecule has 4 heteroatoms. The minimum Gasteiger partial charge on any atom is -0.325 e. The first kappa shape index (κ1) is 14.5. The van der Waals surface area contributed by atoms with E-state index in [0.29, 0.717) is 0 Å². The van der Waals surface area contributed by atoms with Gasteiger partial charge >= 0.3 is 0 Å². The number of piperidine rings is 1. The molecule has 0 radical (unpaired) electrons. The molecule has 0 saturated carbocycles. The van der Waals surface area contributed by atoms with Crippen LogP contribution in [0.1, 0.15) is 32.3 Å². The second-order valence-corrected chi connectivity index (χ2v) is 6.37. The highest BCUT2D eigenvalue weighted by atomic mass is 79.9. The Morgan fingerprint density at radius 2 is 2.32 bits per heavy atom. The highest BCUT2D eigenvalue weighted by Crippen LogP contribution is 2.29. The zero-order valence-electron chi connectivity index (χ0n) is 11.6. The van der Waals surface area contributed by atoms with Gasteiger partial charge in [0, 0.05) is 16.7 Å². The Bertz CT molecular complexity index is 467. The topological polar surface area (TPSA) is 41.1 Å². The molecule has 1 aliphatic rings. The van der Waals surface area contributed by atoms with Gasteiger partial charge in [-0.25, -0.2) is 0 Å². The third-order valence-electron chi connectivity index (χ3n) is 3.84. The lowest BCUT2D eigenvalue weighted by molar-refractivity contribution is -0.125. The van der Waals surface area contributed by atoms with Crippen LogP contribution in [0.15, 0.2) is 22.7 Å². The standard InChI is InChI=1S/C15H21BrN2O/c1-3-11-9-12(16)5-6-13(11)18-14(19)15(2)7-4-8-17-10-15/h5-6,9,17H,3-4,7-8,10H2,1-2H3,(H,18,19). The minimum atomic E-state index is -0.295. The predicted molar refractivity (Wildman–Crippen MR) is 82.4 cm³/mol. The van der Waals surface area contributed by atoms with Gasteiger partial charge in [-0.2, -0.15) is 0 Å². The molecule has 1 aromatic rings. The summed E-state index contributed by atoms with van der Waals surface area (Å²) in [5.74, 6) is 0.122. The molecule has 19 heavy (non-hydrogen) atoms. The van der Waals surface area contributed by atoms with Gasteiger partial charge in [-0.3, -0.25) is 4.79 Å². The average molecular weight is 325 g/mol. The minimum absolute atomic E-state index is 0.122. The molecule has 0 aromatic heterocycles. The van der Waals surface area contributed by atoms with E-state index in [2.05, 4.69) is 39.6 Å². The van der Waals surface area contributed by atoms with E-state index in [9.17, 15) is 4.79 Å². The number of halogens is 1. The van der Waals surface area contributed by atoms with Gasteiger partial charge in [0.15, 0.2) is 0 Å². The van der Waals surface area contributed by atoms with Crippen molar-refractivity contribution in [1.29, 1.82) is 0 Å². The highest BCUT2D eigenvalue weighted by Gasteiger charge is 2.34. The van der Waals surface area contributed by atoms with E-state index >= 15 is 0 Å². The van der Waals surface area contributed by atoms with Crippen LogP contribution in [0.5, 0.6) is 0 Å². The van der Waals surface area contributed by atoms with Gasteiger partial charge < -0.3 is 10.6 Å². The second kappa shape index (κ2) is 6.06. The summed E-state index contributed by atoms with van der Waals surface area (Å²) in [6, 6.07) is 6.01. The van der Waals surface area contributed by atoms with Crippen LogP contribution >= 0.6 is 15.9 Å². The van der Waals surface area contributed by atoms with Crippen LogP contribution in [0.4, 0.5) is 5.69 Å². The van der Waals surface area contributed by atoms with Crippen molar-refractivity contribution in [1.82, 2.24) is 5.32 Å². The van der Waals surface area contributed by atoms with Crippen LogP contribution in [0, 0.1) is 5.41 Å². The van der Waals surface area contributed by atoms with Gasteiger partial charge in [-0.1, -0.05) is 22.9 Å². The lowest BCUT2D eigenvalue weighted by Gasteiger charge is -2.32. The van der Waals surface area contributed by atoms with E-state index in [1.54, 1.807) is 0 Å². The zero-order valence-corrected chi connectivity index (χ0v) is 13.1. The third kappa shape index (κ3) is 3.37. The molecule has 0 aliphatic carbocycles. The fourth-order valence-corrected chi connectivity index (χ4v) is 2.91. The lowest BCUT2D eigenvalue weighted by atomic mass is 9.82. The summed E-state index contributed by atoms with van der Waals surface area (Å²) in [6.45, 7) is 5.92. The Labute approximate surface area is 123 Å². The molecule has 1 aromatic carbocycles. The van der Waals surface area contributed by atoms with Crippen molar-refractivity contribution in [2.75, 3.05) is 18.4 Å². The van der Waals surface area contributed by atoms with Gasteiger partial charge in [0.25, 0.3) is 0 Å². The van der Waals surface area contributed by atoms with Crippen LogP contribution in [-0.4, -0.2) is 19.0 Å². The van der Waals surface area contributed by atoms with Gasteiger partial charge in [-0.05, 0) is 56.5 Å². The van der Waals surface area contributed by atoms with E-state index < -0.39 is 0 Å². The largest absolute Gasteiger partial charge is 0.325 e. The van der Waals surface area contributed by atoms with Crippen molar-refractivity contribution in [3.63, 3.8) is 0 Å². The molecule has 2 N–H and O–H groups in total. The SMILES string of the molecule is CCc1cc(Br)ccc1NC(=O)C1(C)CCCNC1. The molecular weight excluding hydrogens is 304 g/mol. The number of nitrogens with one attached hydrogen (secondary N) is 2. The lowest BCUT2D eigenvalue weighted by Crippen LogP contribution is -2.46. The summed E-state index contributed by atoms with van der Waals surface area (Å²) in [4.78, 5) is 12.5. The molecule has 1 atom stereocenters. The van der Waals surface area contributed by atoms with Crippen LogP contribution in [0.25, 0.3) is 0 Å². The van der Waals surface area contributed by atoms with Crippen molar-refractivity contribution in [2.24, 2.45) is 5.41 Å². The van der Waals surface area contributed by atoms with Crippen LogP contribution in [0.2, 0.25) is 0 Å². The predicted octanol–water partition coefficient (Wildman–Crippen LogP) is 3.34. The van der Waals surface area contributed by atoms with Gasteiger partial charge in [-0.15, -0.1) is 0 Å². The van der Waals surface area contributed by atoms with E-state index in [-0.39, 0.29) is 11.3 Å². The van der Waals surface area contributed by atoms with Crippen molar-refractivity contribution in [2.45, 2.75) is 33.1 Å². The fraction of sp³-hybridized carbons (Fsp3) is 0.533. The summed E-state index contributed by atoms with van der Waals surface area (Å²) < 4.78 is 1.05. The van der Waals surface area contributed by atoms with Gasteiger partial charge in [0.2, 0.25) is 5.91 Å². The molecular formula is C15H21BrN2O. The smallest absolute Gasteiger partial charge is 0.231 e. The number of hydrogen-bond acceptors (Lipinski definition) is 2. The van der Waals surface area contributed by atoms with Crippen molar-refractivity contribution >= 4 is 27.5 Å². The molecule has 3 nitrogen and oxygen atoms in total. The molecule has 1 fully saturated rings. The molecule has 1 amide bonds. The molecule has 1 unspecified atom stereocenters. The number of rotatable bonds is 3. The van der Waals surface area contributed by atoms with Crippen LogP contribution in [-0.2, 0) is 11.2 Å². The fourth-order valence-electron chi connectivity index (χ4n) is 2.50. The van der Waals surface area contributed by atoms with Gasteiger partial charge in [0.05, 0.1) is 5.41 Å². The quantitative estimate of drug-likeness (QED) is 0.895. The van der Waals surface area contributed by atoms with E-state index in [0.717, 1.165) is 48.1 Å². The summed E-state index contributed by atoms with van der Waals surface area (Å²) in [5.41, 5.74) is 1.80. The number of aryl methyl sites for hydroxylation is 1. The van der Waals surface area contributed by atoms with E-state index in [1.165, 1.54) is 0 Å². The van der Waals surface area contributed by atoms with E-state index in [1.807, 2.05) is 19.1 Å². The average Bonchev–Trinajstić information content (AvgIpc) is 2.41. The first-order valence-electron chi connectivity index (χ1n) is 6.86. The molecule has 1 saturated heterocycles. The first-order valence-corrected chi connectivity index (χ1v) is 7.65. The summed E-state index contributed by atoms with van der Waals surface area (Å²) in [5, 5.41) is 6.41. The Kier molecular flexibility index (Phi) is 4.63. The molecule has 1 heterocycles. The highest BCUT2D eigenvalue weighted by molar-refractivity contribution is 9.10. The monoisotopic (exact) mass is 324 g/mol. The van der Waals surface area contributed by atoms with Crippen molar-refractivity contribution < 1.29 is 4.79 Å². The number of hydrogen-bond donors (Lipinski definition) is 2. The Morgan fingerprint density at radius 1 is 1.53 bits per heavy atom. The Hall–Kier alpha value is -0.870. The molecule has 1 aliphatic heterocycles. The second-order valence-electron chi connectivity index (χ2n) is 5.45. The van der Waals surface area contributed by atoms with Crippen molar-refractivity contribution in [3.05, 3.63) is 28.2 Å². The molecule has 0 spiro atoms. The maximum Gasteiger partial charge on any atom is 0.231 e. The molecule has 0 bridgehead atoms. The Balaban J connectivity index is 2.14. The number of anilines is 1. The molecule has 104 valence electrons. The zero-order chi connectivity index (χ0) is 13.9. The number of amides is 1. The normalized spacial score (nSPS) is 23.1. The third-order valence-corrected chi connectivity index (χ3v) is 4.34. The van der Waals surface area contributed by atoms with E-state index in [4.69, 9.17) is 0 Å². The first-order chi connectivity index (χ1) is 9.05. The van der Waals surface area contributed by atoms with Crippen LogP contribution in [0.3, 0.4) is 0 Å². The number of carbonyl (C=O) groups excluding carboxylic acids is 1. The number of benzene rings is 1. The summed E-state index contributed by atoms with van der Waals surface area (Å²) in [7, 11) is 0. The number of carbonyl (C=O) groups is 1. The summed E-state index contributed by atoms with van der Waals surface area (Å²) in [6.07, 6.45) is 2.92. The van der Waals surface area contributed by atoms with Crippen LogP contribution < -0.4 is 10.6 Å².